The number of fused-ring (bicyclic) bond motifs is 1. The molecule has 1 aromatic carbocycles. The molecule has 4 aliphatic rings. The lowest BCUT2D eigenvalue weighted by Crippen LogP contribution is -2.77. The fourth-order valence-corrected chi connectivity index (χ4v) is 5.67. The molecule has 30 heavy (non-hydrogen) atoms. The SMILES string of the molecule is CCCC[C@H]1Cc2cc(OC)ccc2C(C23CC(NC(=O)c4ccncc4)(C2)C3)=N1. The van der Waals surface area contributed by atoms with Gasteiger partial charge >= 0.3 is 0 Å². The van der Waals surface area contributed by atoms with E-state index in [2.05, 4.69) is 29.4 Å². The van der Waals surface area contributed by atoms with Crippen LogP contribution in [-0.2, 0) is 6.42 Å². The first-order valence-corrected chi connectivity index (χ1v) is 11.0. The molecule has 2 heterocycles. The predicted molar refractivity (Wildman–Crippen MR) is 117 cm³/mol. The van der Waals surface area contributed by atoms with E-state index in [1.165, 1.54) is 29.7 Å². The van der Waals surface area contributed by atoms with Crippen LogP contribution in [0.15, 0.2) is 47.7 Å². The Kier molecular flexibility index (Phi) is 4.64. The summed E-state index contributed by atoms with van der Waals surface area (Å²) in [4.78, 5) is 21.9. The van der Waals surface area contributed by atoms with Crippen molar-refractivity contribution in [3.8, 4) is 5.75 Å². The zero-order valence-corrected chi connectivity index (χ0v) is 17.8. The van der Waals surface area contributed by atoms with Crippen LogP contribution in [0.4, 0.5) is 0 Å². The number of aromatic nitrogens is 1. The molecule has 0 radical (unpaired) electrons. The van der Waals surface area contributed by atoms with E-state index in [9.17, 15) is 4.79 Å². The number of aliphatic imine (C=N–C) groups is 1. The Balaban J connectivity index is 1.35. The molecule has 3 saturated carbocycles. The predicted octanol–water partition coefficient (Wildman–Crippen LogP) is 4.35. The number of carbonyl (C=O) groups is 1. The second-order valence-corrected chi connectivity index (χ2v) is 9.28. The summed E-state index contributed by atoms with van der Waals surface area (Å²) in [5.41, 5.74) is 4.66. The molecule has 3 aliphatic carbocycles. The Morgan fingerprint density at radius 3 is 2.67 bits per heavy atom. The Morgan fingerprint density at radius 1 is 1.20 bits per heavy atom. The minimum atomic E-state index is -0.0636. The van der Waals surface area contributed by atoms with Gasteiger partial charge in [0.25, 0.3) is 5.91 Å². The third-order valence-corrected chi connectivity index (χ3v) is 7.08. The van der Waals surface area contributed by atoms with Crippen LogP contribution in [0, 0.1) is 5.41 Å². The number of nitrogens with one attached hydrogen (secondary N) is 1. The maximum atomic E-state index is 12.6. The summed E-state index contributed by atoms with van der Waals surface area (Å²) in [6.45, 7) is 2.24. The molecular formula is C25H29N3O2. The highest BCUT2D eigenvalue weighted by atomic mass is 16.5. The summed E-state index contributed by atoms with van der Waals surface area (Å²) >= 11 is 0. The van der Waals surface area contributed by atoms with Crippen LogP contribution in [0.3, 0.4) is 0 Å². The molecule has 5 nitrogen and oxygen atoms in total. The fraction of sp³-hybridized carbons (Fsp3) is 0.480. The molecule has 1 aliphatic heterocycles. The Hall–Kier alpha value is -2.69. The molecule has 1 atom stereocenters. The third kappa shape index (κ3) is 3.11. The van der Waals surface area contributed by atoms with Crippen molar-refractivity contribution >= 4 is 11.6 Å². The van der Waals surface area contributed by atoms with Crippen molar-refractivity contribution in [3.63, 3.8) is 0 Å². The van der Waals surface area contributed by atoms with Gasteiger partial charge in [-0.05, 0) is 73.6 Å². The molecular weight excluding hydrogens is 374 g/mol. The monoisotopic (exact) mass is 403 g/mol. The van der Waals surface area contributed by atoms with Gasteiger partial charge in [-0.2, -0.15) is 0 Å². The summed E-state index contributed by atoms with van der Waals surface area (Å²) in [5.74, 6) is 0.921. The normalized spacial score (nSPS) is 28.5. The first-order chi connectivity index (χ1) is 14.6. The van der Waals surface area contributed by atoms with E-state index < -0.39 is 0 Å². The molecule has 2 bridgehead atoms. The second kappa shape index (κ2) is 7.22. The minimum absolute atomic E-state index is 0.00208. The van der Waals surface area contributed by atoms with Gasteiger partial charge in [-0.1, -0.05) is 19.8 Å². The number of nitrogens with zero attached hydrogens (tertiary/aromatic N) is 2. The van der Waals surface area contributed by atoms with E-state index in [1.54, 1.807) is 31.6 Å². The van der Waals surface area contributed by atoms with Crippen LogP contribution in [0.2, 0.25) is 0 Å². The highest BCUT2D eigenvalue weighted by molar-refractivity contribution is 6.09. The van der Waals surface area contributed by atoms with E-state index in [0.29, 0.717) is 11.6 Å². The average molecular weight is 404 g/mol. The smallest absolute Gasteiger partial charge is 0.251 e. The molecule has 2 aromatic rings. The maximum Gasteiger partial charge on any atom is 0.251 e. The quantitative estimate of drug-likeness (QED) is 0.748. The van der Waals surface area contributed by atoms with Gasteiger partial charge in [-0.15, -0.1) is 0 Å². The van der Waals surface area contributed by atoms with Crippen LogP contribution < -0.4 is 10.1 Å². The molecule has 1 N–H and O–H groups in total. The number of carbonyl (C=O) groups excluding carboxylic acids is 1. The van der Waals surface area contributed by atoms with Gasteiger partial charge < -0.3 is 10.1 Å². The molecule has 0 saturated heterocycles. The number of unbranched alkanes of at least 4 members (excludes halogenated alkanes) is 1. The minimum Gasteiger partial charge on any atom is -0.497 e. The van der Waals surface area contributed by atoms with Gasteiger partial charge in [0, 0.05) is 34.6 Å². The van der Waals surface area contributed by atoms with Crippen molar-refractivity contribution in [3.05, 3.63) is 59.4 Å². The summed E-state index contributed by atoms with van der Waals surface area (Å²) in [6.07, 6.45) is 10.8. The number of pyridine rings is 1. The Bertz CT molecular complexity index is 979. The summed E-state index contributed by atoms with van der Waals surface area (Å²) < 4.78 is 5.48. The number of methoxy groups -OCH3 is 1. The molecule has 3 fully saturated rings. The van der Waals surface area contributed by atoms with Crippen LogP contribution in [0.25, 0.3) is 0 Å². The number of amides is 1. The molecule has 1 aromatic heterocycles. The molecule has 1 amide bonds. The zero-order chi connectivity index (χ0) is 20.8. The number of ether oxygens (including phenoxy) is 1. The van der Waals surface area contributed by atoms with Gasteiger partial charge in [0.2, 0.25) is 0 Å². The van der Waals surface area contributed by atoms with Gasteiger partial charge in [-0.3, -0.25) is 14.8 Å². The van der Waals surface area contributed by atoms with Crippen LogP contribution in [0.5, 0.6) is 5.75 Å². The lowest BCUT2D eigenvalue weighted by atomic mass is 9.37. The van der Waals surface area contributed by atoms with Crippen LogP contribution in [-0.4, -0.2) is 35.3 Å². The second-order valence-electron chi connectivity index (χ2n) is 9.28. The van der Waals surface area contributed by atoms with E-state index in [0.717, 1.165) is 37.9 Å². The van der Waals surface area contributed by atoms with Gasteiger partial charge in [0.15, 0.2) is 0 Å². The molecule has 5 heteroatoms. The summed E-state index contributed by atoms with van der Waals surface area (Å²) in [6, 6.07) is 10.3. The van der Waals surface area contributed by atoms with Crippen LogP contribution >= 0.6 is 0 Å². The van der Waals surface area contributed by atoms with E-state index in [4.69, 9.17) is 9.73 Å². The van der Waals surface area contributed by atoms with Gasteiger partial charge in [0.05, 0.1) is 13.2 Å². The van der Waals surface area contributed by atoms with Crippen molar-refractivity contribution in [2.24, 2.45) is 10.4 Å². The Labute approximate surface area is 178 Å². The highest BCUT2D eigenvalue weighted by Gasteiger charge is 2.71. The maximum absolute atomic E-state index is 12.6. The highest BCUT2D eigenvalue weighted by Crippen LogP contribution is 2.69. The van der Waals surface area contributed by atoms with E-state index in [1.807, 2.05) is 6.07 Å². The lowest BCUT2D eigenvalue weighted by molar-refractivity contribution is -0.0924. The molecule has 0 unspecified atom stereocenters. The number of benzene rings is 1. The average Bonchev–Trinajstić information content (AvgIpc) is 2.73. The third-order valence-electron chi connectivity index (χ3n) is 7.08. The largest absolute Gasteiger partial charge is 0.497 e. The number of rotatable bonds is 7. The molecule has 0 spiro atoms. The summed E-state index contributed by atoms with van der Waals surface area (Å²) in [5, 5.41) is 3.28. The zero-order valence-electron chi connectivity index (χ0n) is 17.8. The van der Waals surface area contributed by atoms with Crippen molar-refractivity contribution in [1.29, 1.82) is 0 Å². The lowest BCUT2D eigenvalue weighted by Gasteiger charge is -2.71. The first kappa shape index (κ1) is 19.3. The molecule has 6 rings (SSSR count). The Morgan fingerprint density at radius 2 is 1.97 bits per heavy atom. The van der Waals surface area contributed by atoms with Crippen molar-refractivity contribution in [2.75, 3.05) is 7.11 Å². The standard InChI is InChI=1S/C25H29N3O2/c1-3-4-5-19-12-18-13-20(30-2)6-7-21(18)22(27-19)24-14-25(15-24,16-24)28-23(29)17-8-10-26-11-9-17/h6-11,13,19H,3-5,12,14-16H2,1-2H3,(H,28,29)/t19-,24?,25?/m0/s1. The number of hydrogen-bond donors (Lipinski definition) is 1. The summed E-state index contributed by atoms with van der Waals surface area (Å²) in [7, 11) is 1.73. The van der Waals surface area contributed by atoms with Crippen molar-refractivity contribution in [1.82, 2.24) is 10.3 Å². The fourth-order valence-electron chi connectivity index (χ4n) is 5.67. The number of hydrogen-bond acceptors (Lipinski definition) is 4. The molecule has 156 valence electrons. The van der Waals surface area contributed by atoms with Crippen molar-refractivity contribution < 1.29 is 9.53 Å². The topological polar surface area (TPSA) is 63.6 Å². The van der Waals surface area contributed by atoms with Gasteiger partial charge in [0.1, 0.15) is 5.75 Å². The first-order valence-electron chi connectivity index (χ1n) is 11.0. The van der Waals surface area contributed by atoms with Gasteiger partial charge in [-0.25, -0.2) is 0 Å². The van der Waals surface area contributed by atoms with Crippen molar-refractivity contribution in [2.45, 2.75) is 63.5 Å². The van der Waals surface area contributed by atoms with E-state index in [-0.39, 0.29) is 16.9 Å². The van der Waals surface area contributed by atoms with E-state index >= 15 is 0 Å². The van der Waals surface area contributed by atoms with Crippen LogP contribution in [0.1, 0.15) is 66.9 Å².